The Morgan fingerprint density at radius 1 is 1.29 bits per heavy atom. The zero-order valence-electron chi connectivity index (χ0n) is 13.2. The van der Waals surface area contributed by atoms with E-state index in [1.807, 2.05) is 38.1 Å². The molecule has 1 aromatic carbocycles. The van der Waals surface area contributed by atoms with Crippen molar-refractivity contribution in [3.8, 4) is 0 Å². The normalized spacial score (nSPS) is 11.8. The van der Waals surface area contributed by atoms with E-state index in [4.69, 9.17) is 16.3 Å². The first-order valence-electron chi connectivity index (χ1n) is 7.50. The van der Waals surface area contributed by atoms with Gasteiger partial charge in [-0.05, 0) is 38.8 Å². The molecule has 21 heavy (non-hydrogen) atoms. The number of aliphatic imine (C=N–C) groups is 1. The Balaban J connectivity index is 2.41. The zero-order chi connectivity index (χ0) is 15.5. The lowest BCUT2D eigenvalue weighted by molar-refractivity contribution is 0.0776. The SMILES string of the molecule is CCNC(=NCc1ccccc1Cl)NCCCOC(C)C. The Morgan fingerprint density at radius 2 is 2.05 bits per heavy atom. The second-order valence-electron chi connectivity index (χ2n) is 4.99. The number of rotatable bonds is 8. The fraction of sp³-hybridized carbons (Fsp3) is 0.562. The van der Waals surface area contributed by atoms with E-state index in [0.29, 0.717) is 6.54 Å². The largest absolute Gasteiger partial charge is 0.379 e. The molecular formula is C16H26ClN3O. The monoisotopic (exact) mass is 311 g/mol. The summed E-state index contributed by atoms with van der Waals surface area (Å²) in [6.07, 6.45) is 1.24. The molecule has 0 radical (unpaired) electrons. The van der Waals surface area contributed by atoms with Crippen LogP contribution in [0.25, 0.3) is 0 Å². The van der Waals surface area contributed by atoms with Crippen molar-refractivity contribution in [2.45, 2.75) is 39.8 Å². The fourth-order valence-electron chi connectivity index (χ4n) is 1.73. The molecule has 0 amide bonds. The first-order chi connectivity index (χ1) is 10.1. The first kappa shape index (κ1) is 17.8. The van der Waals surface area contributed by atoms with Crippen molar-refractivity contribution >= 4 is 17.6 Å². The quantitative estimate of drug-likeness (QED) is 0.440. The molecular weight excluding hydrogens is 286 g/mol. The summed E-state index contributed by atoms with van der Waals surface area (Å²) in [7, 11) is 0. The highest BCUT2D eigenvalue weighted by Gasteiger charge is 2.00. The van der Waals surface area contributed by atoms with Crippen molar-refractivity contribution in [1.82, 2.24) is 10.6 Å². The second-order valence-corrected chi connectivity index (χ2v) is 5.39. The highest BCUT2D eigenvalue weighted by atomic mass is 35.5. The van der Waals surface area contributed by atoms with Crippen molar-refractivity contribution < 1.29 is 4.74 Å². The van der Waals surface area contributed by atoms with Crippen LogP contribution in [0.5, 0.6) is 0 Å². The third-order valence-electron chi connectivity index (χ3n) is 2.77. The van der Waals surface area contributed by atoms with Crippen LogP contribution in [0, 0.1) is 0 Å². The molecule has 0 saturated carbocycles. The Kier molecular flexibility index (Phi) is 8.87. The predicted octanol–water partition coefficient (Wildman–Crippen LogP) is 3.21. The summed E-state index contributed by atoms with van der Waals surface area (Å²) < 4.78 is 5.51. The third-order valence-corrected chi connectivity index (χ3v) is 3.14. The lowest BCUT2D eigenvalue weighted by atomic mass is 10.2. The maximum atomic E-state index is 6.13. The number of halogens is 1. The summed E-state index contributed by atoms with van der Waals surface area (Å²) in [5, 5.41) is 7.28. The van der Waals surface area contributed by atoms with E-state index in [1.54, 1.807) is 0 Å². The summed E-state index contributed by atoms with van der Waals surface area (Å²) in [6, 6.07) is 7.77. The molecule has 1 aromatic rings. The molecule has 4 nitrogen and oxygen atoms in total. The van der Waals surface area contributed by atoms with Gasteiger partial charge in [0, 0.05) is 24.7 Å². The Morgan fingerprint density at radius 3 is 2.71 bits per heavy atom. The Bertz CT molecular complexity index is 435. The predicted molar refractivity (Wildman–Crippen MR) is 90.0 cm³/mol. The molecule has 0 aliphatic heterocycles. The number of nitrogens with one attached hydrogen (secondary N) is 2. The zero-order valence-corrected chi connectivity index (χ0v) is 13.9. The highest BCUT2D eigenvalue weighted by Crippen LogP contribution is 2.15. The molecule has 0 aliphatic rings. The molecule has 0 fully saturated rings. The van der Waals surface area contributed by atoms with Crippen LogP contribution >= 0.6 is 11.6 Å². The average Bonchev–Trinajstić information content (AvgIpc) is 2.45. The number of hydrogen-bond donors (Lipinski definition) is 2. The van der Waals surface area contributed by atoms with E-state index in [2.05, 4.69) is 22.5 Å². The maximum absolute atomic E-state index is 6.13. The van der Waals surface area contributed by atoms with E-state index in [0.717, 1.165) is 42.7 Å². The summed E-state index contributed by atoms with van der Waals surface area (Å²) >= 11 is 6.13. The van der Waals surface area contributed by atoms with Crippen molar-refractivity contribution in [2.24, 2.45) is 4.99 Å². The molecule has 118 valence electrons. The molecule has 0 aromatic heterocycles. The number of benzene rings is 1. The summed E-state index contributed by atoms with van der Waals surface area (Å²) in [6.45, 7) is 9.13. The van der Waals surface area contributed by atoms with Crippen LogP contribution in [0.3, 0.4) is 0 Å². The Labute approximate surface area is 132 Å². The maximum Gasteiger partial charge on any atom is 0.191 e. The van der Waals surface area contributed by atoms with Gasteiger partial charge in [0.1, 0.15) is 0 Å². The standard InChI is InChI=1S/C16H26ClN3O/c1-4-18-16(19-10-7-11-21-13(2)3)20-12-14-8-5-6-9-15(14)17/h5-6,8-9,13H,4,7,10-12H2,1-3H3,(H2,18,19,20). The number of nitrogens with zero attached hydrogens (tertiary/aromatic N) is 1. The molecule has 0 aliphatic carbocycles. The topological polar surface area (TPSA) is 45.7 Å². The van der Waals surface area contributed by atoms with Crippen molar-refractivity contribution in [1.29, 1.82) is 0 Å². The number of hydrogen-bond acceptors (Lipinski definition) is 2. The van der Waals surface area contributed by atoms with Gasteiger partial charge in [0.25, 0.3) is 0 Å². The Hall–Kier alpha value is -1.26. The van der Waals surface area contributed by atoms with Gasteiger partial charge in [0.15, 0.2) is 5.96 Å². The van der Waals surface area contributed by atoms with Gasteiger partial charge in [-0.1, -0.05) is 29.8 Å². The minimum atomic E-state index is 0.284. The van der Waals surface area contributed by atoms with Gasteiger partial charge in [-0.25, -0.2) is 4.99 Å². The van der Waals surface area contributed by atoms with E-state index in [9.17, 15) is 0 Å². The van der Waals surface area contributed by atoms with E-state index in [1.165, 1.54) is 0 Å². The molecule has 0 spiro atoms. The minimum Gasteiger partial charge on any atom is -0.379 e. The van der Waals surface area contributed by atoms with Gasteiger partial charge in [-0.2, -0.15) is 0 Å². The lowest BCUT2D eigenvalue weighted by Crippen LogP contribution is -2.38. The van der Waals surface area contributed by atoms with Crippen molar-refractivity contribution in [3.63, 3.8) is 0 Å². The van der Waals surface area contributed by atoms with E-state index in [-0.39, 0.29) is 6.10 Å². The van der Waals surface area contributed by atoms with E-state index >= 15 is 0 Å². The second kappa shape index (κ2) is 10.5. The van der Waals surface area contributed by atoms with Crippen LogP contribution in [0.4, 0.5) is 0 Å². The number of guanidine groups is 1. The fourth-order valence-corrected chi connectivity index (χ4v) is 1.93. The molecule has 1 rings (SSSR count). The first-order valence-corrected chi connectivity index (χ1v) is 7.88. The van der Waals surface area contributed by atoms with Gasteiger partial charge >= 0.3 is 0 Å². The molecule has 0 unspecified atom stereocenters. The third kappa shape index (κ3) is 7.93. The minimum absolute atomic E-state index is 0.284. The summed E-state index contributed by atoms with van der Waals surface area (Å²) in [4.78, 5) is 4.55. The van der Waals surface area contributed by atoms with Gasteiger partial charge in [0.2, 0.25) is 0 Å². The van der Waals surface area contributed by atoms with Crippen LogP contribution in [-0.4, -0.2) is 31.8 Å². The van der Waals surface area contributed by atoms with Crippen LogP contribution in [0.15, 0.2) is 29.3 Å². The molecule has 2 N–H and O–H groups in total. The molecule has 0 saturated heterocycles. The van der Waals surface area contributed by atoms with Crippen molar-refractivity contribution in [3.05, 3.63) is 34.9 Å². The van der Waals surface area contributed by atoms with Crippen LogP contribution < -0.4 is 10.6 Å². The van der Waals surface area contributed by atoms with Gasteiger partial charge in [-0.3, -0.25) is 0 Å². The summed E-state index contributed by atoms with van der Waals surface area (Å²) in [5.41, 5.74) is 1.03. The van der Waals surface area contributed by atoms with Crippen LogP contribution in [-0.2, 0) is 11.3 Å². The van der Waals surface area contributed by atoms with Crippen molar-refractivity contribution in [2.75, 3.05) is 19.7 Å². The average molecular weight is 312 g/mol. The molecule has 0 heterocycles. The van der Waals surface area contributed by atoms with Gasteiger partial charge in [0.05, 0.1) is 12.6 Å². The van der Waals surface area contributed by atoms with Crippen LogP contribution in [0.2, 0.25) is 5.02 Å². The van der Waals surface area contributed by atoms with E-state index < -0.39 is 0 Å². The molecule has 0 atom stereocenters. The molecule has 5 heteroatoms. The lowest BCUT2D eigenvalue weighted by Gasteiger charge is -2.12. The number of ether oxygens (including phenoxy) is 1. The smallest absolute Gasteiger partial charge is 0.191 e. The van der Waals surface area contributed by atoms with Gasteiger partial charge < -0.3 is 15.4 Å². The summed E-state index contributed by atoms with van der Waals surface area (Å²) in [5.74, 6) is 0.807. The highest BCUT2D eigenvalue weighted by molar-refractivity contribution is 6.31. The van der Waals surface area contributed by atoms with Crippen LogP contribution in [0.1, 0.15) is 32.8 Å². The molecule has 0 bridgehead atoms. The van der Waals surface area contributed by atoms with Gasteiger partial charge in [-0.15, -0.1) is 0 Å².